The van der Waals surface area contributed by atoms with Crippen LogP contribution in [0, 0.1) is 0 Å². The van der Waals surface area contributed by atoms with Gasteiger partial charge in [0.15, 0.2) is 0 Å². The fourth-order valence-corrected chi connectivity index (χ4v) is 2.56. The molecule has 0 aromatic heterocycles. The summed E-state index contributed by atoms with van der Waals surface area (Å²) in [5.41, 5.74) is 2.74. The van der Waals surface area contributed by atoms with E-state index in [0.717, 1.165) is 21.4 Å². The summed E-state index contributed by atoms with van der Waals surface area (Å²) in [6, 6.07) is 13.4. The Hall–Kier alpha value is -1.52. The number of hydrogen-bond donors (Lipinski definition) is 2. The number of rotatable bonds is 5. The number of carbonyl (C=O) groups is 1. The molecule has 0 bridgehead atoms. The van der Waals surface area contributed by atoms with E-state index in [-0.39, 0.29) is 5.91 Å². The van der Waals surface area contributed by atoms with Crippen LogP contribution in [0.1, 0.15) is 18.9 Å². The van der Waals surface area contributed by atoms with Crippen molar-refractivity contribution in [3.05, 3.63) is 57.5 Å². The van der Waals surface area contributed by atoms with Crippen LogP contribution in [0.4, 0.5) is 11.4 Å². The molecule has 0 atom stereocenters. The van der Waals surface area contributed by atoms with Crippen LogP contribution in [0.2, 0.25) is 5.02 Å². The highest BCUT2D eigenvalue weighted by atomic mass is 79.9. The largest absolute Gasteiger partial charge is 0.381 e. The molecule has 2 aromatic rings. The smallest absolute Gasteiger partial charge is 0.224 e. The molecular weight excluding hydrogens is 352 g/mol. The number of carbonyl (C=O) groups excluding carboxylic acids is 1. The zero-order chi connectivity index (χ0) is 15.2. The third-order valence-corrected chi connectivity index (χ3v) is 3.81. The molecule has 0 saturated heterocycles. The second-order valence-electron chi connectivity index (χ2n) is 4.57. The van der Waals surface area contributed by atoms with Crippen LogP contribution in [-0.4, -0.2) is 5.91 Å². The Kier molecular flexibility index (Phi) is 5.65. The first-order chi connectivity index (χ1) is 10.1. The molecule has 1 amide bonds. The van der Waals surface area contributed by atoms with Crippen molar-refractivity contribution in [2.75, 3.05) is 10.6 Å². The van der Waals surface area contributed by atoms with E-state index in [1.54, 1.807) is 0 Å². The van der Waals surface area contributed by atoms with Crippen molar-refractivity contribution in [3.63, 3.8) is 0 Å². The number of halogens is 2. The molecule has 2 N–H and O–H groups in total. The molecule has 3 nitrogen and oxygen atoms in total. The Bertz CT molecular complexity index is 646. The van der Waals surface area contributed by atoms with Gasteiger partial charge in [0.1, 0.15) is 0 Å². The summed E-state index contributed by atoms with van der Waals surface area (Å²) in [4.78, 5) is 11.4. The normalized spacial score (nSPS) is 10.2. The Morgan fingerprint density at radius 3 is 2.67 bits per heavy atom. The van der Waals surface area contributed by atoms with E-state index in [2.05, 4.69) is 26.6 Å². The van der Waals surface area contributed by atoms with E-state index in [1.165, 1.54) is 0 Å². The topological polar surface area (TPSA) is 41.1 Å². The number of benzene rings is 2. The first-order valence-electron chi connectivity index (χ1n) is 6.66. The van der Waals surface area contributed by atoms with Gasteiger partial charge in [0, 0.05) is 33.8 Å². The summed E-state index contributed by atoms with van der Waals surface area (Å²) < 4.78 is 0.959. The van der Waals surface area contributed by atoms with Crippen LogP contribution in [0.5, 0.6) is 0 Å². The van der Waals surface area contributed by atoms with Crippen molar-refractivity contribution < 1.29 is 4.79 Å². The van der Waals surface area contributed by atoms with E-state index in [0.29, 0.717) is 18.0 Å². The maximum Gasteiger partial charge on any atom is 0.224 e. The van der Waals surface area contributed by atoms with Gasteiger partial charge in [0.05, 0.1) is 0 Å². The van der Waals surface area contributed by atoms with Gasteiger partial charge in [-0.25, -0.2) is 0 Å². The van der Waals surface area contributed by atoms with Gasteiger partial charge in [0.2, 0.25) is 5.91 Å². The lowest BCUT2D eigenvalue weighted by molar-refractivity contribution is -0.115. The zero-order valence-electron chi connectivity index (χ0n) is 11.6. The minimum Gasteiger partial charge on any atom is -0.381 e. The van der Waals surface area contributed by atoms with E-state index in [9.17, 15) is 4.79 Å². The van der Waals surface area contributed by atoms with Gasteiger partial charge in [-0.3, -0.25) is 4.79 Å². The van der Waals surface area contributed by atoms with Crippen molar-refractivity contribution in [2.24, 2.45) is 0 Å². The molecule has 0 saturated carbocycles. The maximum atomic E-state index is 11.4. The molecule has 0 aliphatic carbocycles. The number of nitrogens with one attached hydrogen (secondary N) is 2. The Morgan fingerprint density at radius 2 is 1.95 bits per heavy atom. The summed E-state index contributed by atoms with van der Waals surface area (Å²) in [6.45, 7) is 2.45. The molecule has 0 spiro atoms. The highest BCUT2D eigenvalue weighted by molar-refractivity contribution is 9.10. The molecule has 0 radical (unpaired) electrons. The van der Waals surface area contributed by atoms with Gasteiger partial charge < -0.3 is 10.6 Å². The minimum atomic E-state index is 0.00287. The summed E-state index contributed by atoms with van der Waals surface area (Å²) in [7, 11) is 0. The standard InChI is InChI=1S/C16H16BrClN2O/c1-2-16(21)20-14-5-3-4-13(9-14)19-10-11-6-7-12(17)8-15(11)18/h3-9,19H,2,10H2,1H3,(H,20,21). The molecule has 0 fully saturated rings. The average molecular weight is 368 g/mol. The Labute approximate surface area is 137 Å². The minimum absolute atomic E-state index is 0.00287. The lowest BCUT2D eigenvalue weighted by Crippen LogP contribution is -2.09. The summed E-state index contributed by atoms with van der Waals surface area (Å²) >= 11 is 9.57. The van der Waals surface area contributed by atoms with Crippen molar-refractivity contribution in [1.29, 1.82) is 0 Å². The van der Waals surface area contributed by atoms with Crippen LogP contribution < -0.4 is 10.6 Å². The molecule has 2 aromatic carbocycles. The molecule has 5 heteroatoms. The quantitative estimate of drug-likeness (QED) is 0.775. The molecule has 0 aliphatic rings. The Morgan fingerprint density at radius 1 is 1.19 bits per heavy atom. The van der Waals surface area contributed by atoms with Gasteiger partial charge in [-0.2, -0.15) is 0 Å². The van der Waals surface area contributed by atoms with Gasteiger partial charge >= 0.3 is 0 Å². The Balaban J connectivity index is 2.03. The SMILES string of the molecule is CCC(=O)Nc1cccc(NCc2ccc(Br)cc2Cl)c1. The summed E-state index contributed by atoms with van der Waals surface area (Å²) in [5.74, 6) is 0.00287. The van der Waals surface area contributed by atoms with Crippen LogP contribution in [0.25, 0.3) is 0 Å². The monoisotopic (exact) mass is 366 g/mol. The third-order valence-electron chi connectivity index (χ3n) is 2.97. The van der Waals surface area contributed by atoms with Gasteiger partial charge in [-0.15, -0.1) is 0 Å². The molecule has 21 heavy (non-hydrogen) atoms. The molecule has 2 rings (SSSR count). The predicted octanol–water partition coefficient (Wildman–Crippen LogP) is 5.06. The van der Waals surface area contributed by atoms with Crippen molar-refractivity contribution in [1.82, 2.24) is 0 Å². The van der Waals surface area contributed by atoms with E-state index < -0.39 is 0 Å². The number of anilines is 2. The first kappa shape index (κ1) is 15.9. The number of amides is 1. The van der Waals surface area contributed by atoms with E-state index >= 15 is 0 Å². The van der Waals surface area contributed by atoms with Gasteiger partial charge in [-0.05, 0) is 35.9 Å². The first-order valence-corrected chi connectivity index (χ1v) is 7.83. The molecule has 0 heterocycles. The second-order valence-corrected chi connectivity index (χ2v) is 5.89. The summed E-state index contributed by atoms with van der Waals surface area (Å²) in [6.07, 6.45) is 0.464. The average Bonchev–Trinajstić information content (AvgIpc) is 2.46. The molecular formula is C16H16BrClN2O. The van der Waals surface area contributed by atoms with E-state index in [1.807, 2.05) is 49.4 Å². The zero-order valence-corrected chi connectivity index (χ0v) is 14.0. The van der Waals surface area contributed by atoms with Crippen molar-refractivity contribution >= 4 is 44.8 Å². The third kappa shape index (κ3) is 4.76. The highest BCUT2D eigenvalue weighted by Crippen LogP contribution is 2.23. The van der Waals surface area contributed by atoms with Crippen molar-refractivity contribution in [2.45, 2.75) is 19.9 Å². The lowest BCUT2D eigenvalue weighted by Gasteiger charge is -2.10. The maximum absolute atomic E-state index is 11.4. The predicted molar refractivity (Wildman–Crippen MR) is 91.8 cm³/mol. The van der Waals surface area contributed by atoms with Gasteiger partial charge in [0.25, 0.3) is 0 Å². The van der Waals surface area contributed by atoms with Crippen molar-refractivity contribution in [3.8, 4) is 0 Å². The van der Waals surface area contributed by atoms with E-state index in [4.69, 9.17) is 11.6 Å². The lowest BCUT2D eigenvalue weighted by atomic mass is 10.2. The summed E-state index contributed by atoms with van der Waals surface area (Å²) in [5, 5.41) is 6.85. The fraction of sp³-hybridized carbons (Fsp3) is 0.188. The van der Waals surface area contributed by atoms with Crippen LogP contribution in [-0.2, 0) is 11.3 Å². The molecule has 0 aliphatic heterocycles. The van der Waals surface area contributed by atoms with Crippen LogP contribution >= 0.6 is 27.5 Å². The number of hydrogen-bond acceptors (Lipinski definition) is 2. The van der Waals surface area contributed by atoms with Gasteiger partial charge in [-0.1, -0.05) is 46.6 Å². The molecule has 0 unspecified atom stereocenters. The second kappa shape index (κ2) is 7.48. The van der Waals surface area contributed by atoms with Crippen LogP contribution in [0.15, 0.2) is 46.9 Å². The fourth-order valence-electron chi connectivity index (χ4n) is 1.82. The van der Waals surface area contributed by atoms with Crippen LogP contribution in [0.3, 0.4) is 0 Å². The highest BCUT2D eigenvalue weighted by Gasteiger charge is 2.03. The molecule has 110 valence electrons.